The van der Waals surface area contributed by atoms with E-state index in [0.717, 1.165) is 23.6 Å². The largest absolute Gasteiger partial charge is 0.497 e. The van der Waals surface area contributed by atoms with Gasteiger partial charge in [0.25, 0.3) is 5.91 Å². The maximum Gasteiger partial charge on any atom is 0.273 e. The molecule has 1 heterocycles. The van der Waals surface area contributed by atoms with Gasteiger partial charge in [0.2, 0.25) is 0 Å². The number of ether oxygens (including phenoxy) is 1. The highest BCUT2D eigenvalue weighted by molar-refractivity contribution is 5.93. The molecule has 2 aromatic rings. The molecule has 1 N–H and O–H groups in total. The second-order valence-electron chi connectivity index (χ2n) is 7.05. The SMILES string of the molecule is CCCCC1CCCC1NC(=O)c1nnn(-c2cccc(OC)c2)c1C. The van der Waals surface area contributed by atoms with Crippen LogP contribution in [0.4, 0.5) is 0 Å². The molecule has 0 spiro atoms. The molecule has 1 saturated carbocycles. The third-order valence-electron chi connectivity index (χ3n) is 5.31. The van der Waals surface area contributed by atoms with Gasteiger partial charge in [-0.2, -0.15) is 0 Å². The van der Waals surface area contributed by atoms with Gasteiger partial charge < -0.3 is 10.1 Å². The molecule has 140 valence electrons. The number of carbonyl (C=O) groups excluding carboxylic acids is 1. The number of methoxy groups -OCH3 is 1. The predicted octanol–water partition coefficient (Wildman–Crippen LogP) is 3.67. The van der Waals surface area contributed by atoms with Gasteiger partial charge in [-0.3, -0.25) is 4.79 Å². The van der Waals surface area contributed by atoms with Crippen LogP contribution in [0, 0.1) is 12.8 Å². The number of hydrogen-bond acceptors (Lipinski definition) is 4. The highest BCUT2D eigenvalue weighted by atomic mass is 16.5. The Balaban J connectivity index is 1.73. The minimum Gasteiger partial charge on any atom is -0.497 e. The zero-order valence-electron chi connectivity index (χ0n) is 15.9. The van der Waals surface area contributed by atoms with Crippen LogP contribution in [0.2, 0.25) is 0 Å². The van der Waals surface area contributed by atoms with E-state index in [1.54, 1.807) is 11.8 Å². The molecule has 2 atom stereocenters. The first-order valence-corrected chi connectivity index (χ1v) is 9.51. The summed E-state index contributed by atoms with van der Waals surface area (Å²) in [4.78, 5) is 12.8. The summed E-state index contributed by atoms with van der Waals surface area (Å²) in [6, 6.07) is 7.83. The van der Waals surface area contributed by atoms with Crippen LogP contribution >= 0.6 is 0 Å². The number of aromatic nitrogens is 3. The van der Waals surface area contributed by atoms with Gasteiger partial charge in [-0.1, -0.05) is 37.5 Å². The number of amides is 1. The fourth-order valence-electron chi connectivity index (χ4n) is 3.80. The Morgan fingerprint density at radius 3 is 3.00 bits per heavy atom. The van der Waals surface area contributed by atoms with Crippen molar-refractivity contribution in [2.24, 2.45) is 5.92 Å². The lowest BCUT2D eigenvalue weighted by Gasteiger charge is -2.20. The molecule has 0 aliphatic heterocycles. The molecular formula is C20H28N4O2. The van der Waals surface area contributed by atoms with Crippen LogP contribution in [0.5, 0.6) is 5.75 Å². The van der Waals surface area contributed by atoms with Crippen LogP contribution in [0.3, 0.4) is 0 Å². The summed E-state index contributed by atoms with van der Waals surface area (Å²) in [6.07, 6.45) is 7.07. The number of carbonyl (C=O) groups is 1. The van der Waals surface area contributed by atoms with Crippen LogP contribution in [-0.4, -0.2) is 34.1 Å². The van der Waals surface area contributed by atoms with Crippen molar-refractivity contribution in [2.75, 3.05) is 7.11 Å². The topological polar surface area (TPSA) is 69.0 Å². The number of nitrogens with zero attached hydrogens (tertiary/aromatic N) is 3. The van der Waals surface area contributed by atoms with E-state index in [4.69, 9.17) is 4.74 Å². The van der Waals surface area contributed by atoms with E-state index in [0.29, 0.717) is 11.6 Å². The highest BCUT2D eigenvalue weighted by Gasteiger charge is 2.29. The number of unbranched alkanes of at least 4 members (excludes halogenated alkanes) is 1. The van der Waals surface area contributed by atoms with Crippen molar-refractivity contribution >= 4 is 5.91 Å². The summed E-state index contributed by atoms with van der Waals surface area (Å²) in [6.45, 7) is 4.08. The summed E-state index contributed by atoms with van der Waals surface area (Å²) < 4.78 is 6.94. The normalized spacial score (nSPS) is 19.5. The molecule has 2 unspecified atom stereocenters. The highest BCUT2D eigenvalue weighted by Crippen LogP contribution is 2.30. The Morgan fingerprint density at radius 1 is 1.38 bits per heavy atom. The Labute approximate surface area is 154 Å². The summed E-state index contributed by atoms with van der Waals surface area (Å²) >= 11 is 0. The fraction of sp³-hybridized carbons (Fsp3) is 0.550. The van der Waals surface area contributed by atoms with Crippen LogP contribution in [0.1, 0.15) is 61.6 Å². The van der Waals surface area contributed by atoms with E-state index in [-0.39, 0.29) is 11.9 Å². The van der Waals surface area contributed by atoms with Crippen molar-refractivity contribution in [3.8, 4) is 11.4 Å². The first-order chi connectivity index (χ1) is 12.6. The van der Waals surface area contributed by atoms with Crippen LogP contribution in [0.25, 0.3) is 5.69 Å². The lowest BCUT2D eigenvalue weighted by atomic mass is 9.96. The average Bonchev–Trinajstić information content (AvgIpc) is 3.26. The number of nitrogens with one attached hydrogen (secondary N) is 1. The van der Waals surface area contributed by atoms with Gasteiger partial charge in [-0.05, 0) is 44.2 Å². The van der Waals surface area contributed by atoms with E-state index < -0.39 is 0 Å². The van der Waals surface area contributed by atoms with Gasteiger partial charge in [-0.25, -0.2) is 4.68 Å². The minimum absolute atomic E-state index is 0.120. The third kappa shape index (κ3) is 3.89. The lowest BCUT2D eigenvalue weighted by molar-refractivity contribution is 0.0920. The molecular weight excluding hydrogens is 328 g/mol. The van der Waals surface area contributed by atoms with Crippen LogP contribution in [-0.2, 0) is 0 Å². The van der Waals surface area contributed by atoms with Crippen molar-refractivity contribution in [3.63, 3.8) is 0 Å². The second kappa shape index (κ2) is 8.34. The first kappa shape index (κ1) is 18.4. The quantitative estimate of drug-likeness (QED) is 0.822. The van der Waals surface area contributed by atoms with Crippen LogP contribution < -0.4 is 10.1 Å². The number of benzene rings is 1. The van der Waals surface area contributed by atoms with Crippen LogP contribution in [0.15, 0.2) is 24.3 Å². The number of rotatable bonds is 7. The molecule has 6 nitrogen and oxygen atoms in total. The summed E-state index contributed by atoms with van der Waals surface area (Å²) in [7, 11) is 1.63. The Morgan fingerprint density at radius 2 is 2.23 bits per heavy atom. The molecule has 0 saturated heterocycles. The Kier molecular flexibility index (Phi) is 5.91. The molecule has 1 aliphatic carbocycles. The zero-order chi connectivity index (χ0) is 18.5. The van der Waals surface area contributed by atoms with Crippen molar-refractivity contribution in [1.82, 2.24) is 20.3 Å². The number of hydrogen-bond donors (Lipinski definition) is 1. The predicted molar refractivity (Wildman–Crippen MR) is 101 cm³/mol. The smallest absolute Gasteiger partial charge is 0.273 e. The zero-order valence-corrected chi connectivity index (χ0v) is 15.9. The Bertz CT molecular complexity index is 756. The van der Waals surface area contributed by atoms with E-state index in [9.17, 15) is 4.79 Å². The van der Waals surface area contributed by atoms with Gasteiger partial charge >= 0.3 is 0 Å². The molecule has 1 aromatic heterocycles. The maximum atomic E-state index is 12.8. The summed E-state index contributed by atoms with van der Waals surface area (Å²) in [5.41, 5.74) is 1.96. The molecule has 6 heteroatoms. The molecule has 1 aliphatic rings. The Hall–Kier alpha value is -2.37. The van der Waals surface area contributed by atoms with Gasteiger partial charge in [0.1, 0.15) is 5.75 Å². The molecule has 1 fully saturated rings. The van der Waals surface area contributed by atoms with Crippen molar-refractivity contribution < 1.29 is 9.53 Å². The minimum atomic E-state index is -0.120. The van der Waals surface area contributed by atoms with Crippen molar-refractivity contribution in [2.45, 2.75) is 58.4 Å². The third-order valence-corrected chi connectivity index (χ3v) is 5.31. The van der Waals surface area contributed by atoms with E-state index in [1.165, 1.54) is 32.1 Å². The van der Waals surface area contributed by atoms with E-state index in [1.807, 2.05) is 31.2 Å². The molecule has 3 rings (SSSR count). The van der Waals surface area contributed by atoms with E-state index in [2.05, 4.69) is 22.6 Å². The first-order valence-electron chi connectivity index (χ1n) is 9.51. The molecule has 0 radical (unpaired) electrons. The van der Waals surface area contributed by atoms with Gasteiger partial charge in [0.15, 0.2) is 5.69 Å². The summed E-state index contributed by atoms with van der Waals surface area (Å²) in [5.74, 6) is 1.21. The standard InChI is InChI=1S/C20H28N4O2/c1-4-5-8-15-9-6-12-18(15)21-20(25)19-14(2)24(23-22-19)16-10-7-11-17(13-16)26-3/h7,10-11,13,15,18H,4-6,8-9,12H2,1-3H3,(H,21,25). The van der Waals surface area contributed by atoms with Gasteiger partial charge in [0, 0.05) is 12.1 Å². The van der Waals surface area contributed by atoms with Crippen molar-refractivity contribution in [1.29, 1.82) is 0 Å². The average molecular weight is 356 g/mol. The molecule has 26 heavy (non-hydrogen) atoms. The second-order valence-corrected chi connectivity index (χ2v) is 7.05. The molecule has 0 bridgehead atoms. The molecule has 1 amide bonds. The lowest BCUT2D eigenvalue weighted by Crippen LogP contribution is -2.37. The van der Waals surface area contributed by atoms with Crippen molar-refractivity contribution in [3.05, 3.63) is 35.7 Å². The fourth-order valence-corrected chi connectivity index (χ4v) is 3.80. The monoisotopic (exact) mass is 356 g/mol. The van der Waals surface area contributed by atoms with Gasteiger partial charge in [-0.15, -0.1) is 5.10 Å². The maximum absolute atomic E-state index is 12.8. The van der Waals surface area contributed by atoms with Gasteiger partial charge in [0.05, 0.1) is 18.5 Å². The summed E-state index contributed by atoms with van der Waals surface area (Å²) in [5, 5.41) is 11.5. The van der Waals surface area contributed by atoms with E-state index >= 15 is 0 Å². The molecule has 1 aromatic carbocycles.